The average Bonchev–Trinajstić information content (AvgIpc) is 2.85. The molecule has 0 bridgehead atoms. The monoisotopic (exact) mass is 492 g/mol. The van der Waals surface area contributed by atoms with Crippen LogP contribution in [0.4, 0.5) is 0 Å². The van der Waals surface area contributed by atoms with Crippen LogP contribution in [0.5, 0.6) is 0 Å². The van der Waals surface area contributed by atoms with Crippen LogP contribution in [0.2, 0.25) is 0 Å². The summed E-state index contributed by atoms with van der Waals surface area (Å²) in [5.41, 5.74) is 0. The summed E-state index contributed by atoms with van der Waals surface area (Å²) in [6.07, 6.45) is 6.78. The highest BCUT2D eigenvalue weighted by Gasteiger charge is 1.95. The quantitative estimate of drug-likeness (QED) is 0.0821. The van der Waals surface area contributed by atoms with Crippen molar-refractivity contribution in [3.05, 3.63) is 12.7 Å². The number of hydrogen-bond acceptors (Lipinski definition) is 10. The van der Waals surface area contributed by atoms with E-state index >= 15 is 0 Å². The minimum atomic E-state index is 0.311. The molecule has 0 aliphatic rings. The molecule has 0 aliphatic heterocycles. The molecule has 0 spiro atoms. The van der Waals surface area contributed by atoms with Gasteiger partial charge < -0.3 is 47.4 Å². The van der Waals surface area contributed by atoms with Crippen molar-refractivity contribution in [1.82, 2.24) is 0 Å². The van der Waals surface area contributed by atoms with Crippen LogP contribution < -0.4 is 0 Å². The topological polar surface area (TPSA) is 92.3 Å². The zero-order valence-electron chi connectivity index (χ0n) is 20.6. The fourth-order valence-corrected chi connectivity index (χ4v) is 2.17. The van der Waals surface area contributed by atoms with Crippen LogP contribution in [0.3, 0.4) is 0 Å². The van der Waals surface area contributed by atoms with E-state index in [4.69, 9.17) is 53.8 Å². The average molecular weight is 493 g/mol. The third-order valence-electron chi connectivity index (χ3n) is 3.77. The Morgan fingerprint density at radius 1 is 0.412 bits per heavy atom. The Hall–Kier alpha value is -1.10. The van der Waals surface area contributed by atoms with Gasteiger partial charge in [-0.1, -0.05) is 12.0 Å². The van der Waals surface area contributed by atoms with Gasteiger partial charge in [-0.15, -0.1) is 13.0 Å². The third kappa shape index (κ3) is 30.9. The summed E-state index contributed by atoms with van der Waals surface area (Å²) >= 11 is 0. The normalized spacial score (nSPS) is 11.0. The SMILES string of the molecule is C#CCOCCOCCOCCOCCOCCOCCOCCOCCOCCOCC=C. The van der Waals surface area contributed by atoms with E-state index in [1.54, 1.807) is 6.08 Å². The first-order valence-electron chi connectivity index (χ1n) is 11.7. The molecule has 0 saturated heterocycles. The van der Waals surface area contributed by atoms with Gasteiger partial charge in [0.1, 0.15) is 6.61 Å². The summed E-state index contributed by atoms with van der Waals surface area (Å²) in [6.45, 7) is 13.9. The summed E-state index contributed by atoms with van der Waals surface area (Å²) in [6, 6.07) is 0. The Labute approximate surface area is 205 Å². The molecule has 0 aliphatic carbocycles. The van der Waals surface area contributed by atoms with Gasteiger partial charge in [0.05, 0.1) is 126 Å². The lowest BCUT2D eigenvalue weighted by Gasteiger charge is -2.08. The second kappa shape index (κ2) is 31.9. The van der Waals surface area contributed by atoms with Gasteiger partial charge in [0.15, 0.2) is 0 Å². The summed E-state index contributed by atoms with van der Waals surface area (Å²) in [5.74, 6) is 2.39. The zero-order valence-corrected chi connectivity index (χ0v) is 20.6. The van der Waals surface area contributed by atoms with Crippen molar-refractivity contribution in [3.8, 4) is 12.3 Å². The van der Waals surface area contributed by atoms with Crippen molar-refractivity contribution in [3.63, 3.8) is 0 Å². The molecule has 0 heterocycles. The maximum absolute atomic E-state index is 5.43. The predicted octanol–water partition coefficient (Wildman–Crippen LogP) is 0.972. The van der Waals surface area contributed by atoms with Gasteiger partial charge in [0.2, 0.25) is 0 Å². The first-order chi connectivity index (χ1) is 16.9. The summed E-state index contributed by atoms with van der Waals surface area (Å²) < 4.78 is 53.5. The Kier molecular flexibility index (Phi) is 30.9. The molecular formula is C24H44O10. The largest absolute Gasteiger partial charge is 0.377 e. The third-order valence-corrected chi connectivity index (χ3v) is 3.77. The first-order valence-corrected chi connectivity index (χ1v) is 11.7. The smallest absolute Gasteiger partial charge is 0.107 e. The van der Waals surface area contributed by atoms with Crippen molar-refractivity contribution in [2.75, 3.05) is 132 Å². The minimum Gasteiger partial charge on any atom is -0.377 e. The Morgan fingerprint density at radius 2 is 0.647 bits per heavy atom. The summed E-state index contributed by atoms with van der Waals surface area (Å²) in [4.78, 5) is 0. The Balaban J connectivity index is 3.00. The molecule has 0 aromatic rings. The molecule has 34 heavy (non-hydrogen) atoms. The van der Waals surface area contributed by atoms with Crippen molar-refractivity contribution in [2.45, 2.75) is 0 Å². The predicted molar refractivity (Wildman–Crippen MR) is 127 cm³/mol. The lowest BCUT2D eigenvalue weighted by molar-refractivity contribution is -0.0257. The molecule has 0 unspecified atom stereocenters. The molecule has 0 N–H and O–H groups in total. The molecule has 0 aromatic carbocycles. The van der Waals surface area contributed by atoms with E-state index in [-0.39, 0.29) is 0 Å². The number of hydrogen-bond donors (Lipinski definition) is 0. The van der Waals surface area contributed by atoms with Gasteiger partial charge in [-0.2, -0.15) is 0 Å². The molecule has 0 radical (unpaired) electrons. The van der Waals surface area contributed by atoms with Gasteiger partial charge >= 0.3 is 0 Å². The van der Waals surface area contributed by atoms with E-state index < -0.39 is 0 Å². The van der Waals surface area contributed by atoms with Crippen LogP contribution in [0.1, 0.15) is 0 Å². The highest BCUT2D eigenvalue weighted by atomic mass is 16.6. The number of terminal acetylenes is 1. The highest BCUT2D eigenvalue weighted by Crippen LogP contribution is 1.86. The van der Waals surface area contributed by atoms with Crippen molar-refractivity contribution >= 4 is 0 Å². The standard InChI is InChI=1S/C24H44O10/c1-3-5-25-7-9-27-11-13-29-15-17-31-19-21-33-23-24-34-22-20-32-18-16-30-14-12-28-10-8-26-6-4-2/h1,4H,2,5-24H2. The van der Waals surface area contributed by atoms with Crippen LogP contribution in [-0.2, 0) is 47.4 Å². The summed E-state index contributed by atoms with van der Waals surface area (Å²) in [7, 11) is 0. The van der Waals surface area contributed by atoms with E-state index in [2.05, 4.69) is 12.5 Å². The maximum Gasteiger partial charge on any atom is 0.107 e. The van der Waals surface area contributed by atoms with Gasteiger partial charge in [-0.05, 0) is 0 Å². The molecular weight excluding hydrogens is 448 g/mol. The molecule has 0 rings (SSSR count). The number of rotatable bonds is 30. The molecule has 0 fully saturated rings. The maximum atomic E-state index is 5.43. The van der Waals surface area contributed by atoms with E-state index in [1.165, 1.54) is 0 Å². The first kappa shape index (κ1) is 32.9. The van der Waals surface area contributed by atoms with Crippen LogP contribution in [0.25, 0.3) is 0 Å². The zero-order chi connectivity index (χ0) is 24.6. The molecule has 0 atom stereocenters. The fourth-order valence-electron chi connectivity index (χ4n) is 2.17. The molecule has 10 heteroatoms. The van der Waals surface area contributed by atoms with E-state index in [9.17, 15) is 0 Å². The van der Waals surface area contributed by atoms with Gasteiger partial charge in [0, 0.05) is 0 Å². The molecule has 0 saturated carbocycles. The molecule has 10 nitrogen and oxygen atoms in total. The van der Waals surface area contributed by atoms with Crippen LogP contribution in [0.15, 0.2) is 12.7 Å². The molecule has 200 valence electrons. The van der Waals surface area contributed by atoms with Gasteiger partial charge in [-0.3, -0.25) is 0 Å². The molecule has 0 aromatic heterocycles. The second-order valence-corrected chi connectivity index (χ2v) is 6.52. The van der Waals surface area contributed by atoms with Gasteiger partial charge in [-0.25, -0.2) is 0 Å². The van der Waals surface area contributed by atoms with E-state index in [1.807, 2.05) is 0 Å². The molecule has 0 amide bonds. The summed E-state index contributed by atoms with van der Waals surface area (Å²) in [5, 5.41) is 0. The Morgan fingerprint density at radius 3 is 0.882 bits per heavy atom. The van der Waals surface area contributed by atoms with Crippen molar-refractivity contribution in [1.29, 1.82) is 0 Å². The van der Waals surface area contributed by atoms with E-state index in [0.29, 0.717) is 132 Å². The van der Waals surface area contributed by atoms with E-state index in [0.717, 1.165) is 0 Å². The minimum absolute atomic E-state index is 0.311. The van der Waals surface area contributed by atoms with Crippen molar-refractivity contribution < 1.29 is 47.4 Å². The second-order valence-electron chi connectivity index (χ2n) is 6.52. The van der Waals surface area contributed by atoms with Crippen molar-refractivity contribution in [2.24, 2.45) is 0 Å². The van der Waals surface area contributed by atoms with Crippen LogP contribution in [0, 0.1) is 12.3 Å². The lowest BCUT2D eigenvalue weighted by atomic mass is 10.6. The van der Waals surface area contributed by atoms with Gasteiger partial charge in [0.25, 0.3) is 0 Å². The highest BCUT2D eigenvalue weighted by molar-refractivity contribution is 4.82. The Bertz CT molecular complexity index is 430. The fraction of sp³-hybridized carbons (Fsp3) is 0.833. The number of ether oxygens (including phenoxy) is 10. The van der Waals surface area contributed by atoms with Crippen LogP contribution >= 0.6 is 0 Å². The lowest BCUT2D eigenvalue weighted by Crippen LogP contribution is -2.15. The van der Waals surface area contributed by atoms with Crippen LogP contribution in [-0.4, -0.2) is 132 Å².